The van der Waals surface area contributed by atoms with Crippen molar-refractivity contribution in [3.63, 3.8) is 0 Å². The number of thioether (sulfide) groups is 1. The summed E-state index contributed by atoms with van der Waals surface area (Å²) in [5, 5.41) is 12.6. The lowest BCUT2D eigenvalue weighted by molar-refractivity contribution is -0.115. The van der Waals surface area contributed by atoms with E-state index in [-0.39, 0.29) is 11.2 Å². The largest absolute Gasteiger partial charge is 0.300 e. The number of aryl methyl sites for hydroxylation is 1. The van der Waals surface area contributed by atoms with Crippen LogP contribution in [0, 0.1) is 6.92 Å². The topological polar surface area (TPSA) is 67.8 Å². The first-order chi connectivity index (χ1) is 9.19. The van der Waals surface area contributed by atoms with Crippen LogP contribution < -0.4 is 5.32 Å². The van der Waals surface area contributed by atoms with Crippen molar-refractivity contribution in [3.05, 3.63) is 29.4 Å². The van der Waals surface area contributed by atoms with Gasteiger partial charge in [0.15, 0.2) is 0 Å². The highest BCUT2D eigenvalue weighted by Crippen LogP contribution is 2.25. The van der Waals surface area contributed by atoms with E-state index in [1.54, 1.807) is 6.20 Å². The van der Waals surface area contributed by atoms with Crippen molar-refractivity contribution in [3.8, 4) is 0 Å². The normalized spacial score (nSPS) is 12.1. The van der Waals surface area contributed by atoms with Gasteiger partial charge in [0.25, 0.3) is 0 Å². The molecule has 0 aromatic carbocycles. The van der Waals surface area contributed by atoms with Crippen molar-refractivity contribution < 1.29 is 4.79 Å². The predicted molar refractivity (Wildman–Crippen MR) is 77.4 cm³/mol. The molecule has 0 fully saturated rings. The summed E-state index contributed by atoms with van der Waals surface area (Å²) in [7, 11) is 0. The van der Waals surface area contributed by atoms with Crippen molar-refractivity contribution in [1.82, 2.24) is 15.2 Å². The highest BCUT2D eigenvalue weighted by molar-refractivity contribution is 8.00. The number of rotatable bonds is 5. The molecule has 0 saturated carbocycles. The van der Waals surface area contributed by atoms with Crippen molar-refractivity contribution in [1.29, 1.82) is 0 Å². The molecule has 0 unspecified atom stereocenters. The fraction of sp³-hybridized carbons (Fsp3) is 0.333. The average molecular weight is 294 g/mol. The Hall–Kier alpha value is -1.47. The van der Waals surface area contributed by atoms with E-state index < -0.39 is 0 Å². The molecule has 0 spiro atoms. The van der Waals surface area contributed by atoms with Gasteiger partial charge in [-0.25, -0.2) is 4.98 Å². The molecule has 2 rings (SSSR count). The number of nitrogens with zero attached hydrogens (tertiary/aromatic N) is 3. The Morgan fingerprint density at radius 3 is 2.89 bits per heavy atom. The second-order valence-electron chi connectivity index (χ2n) is 3.80. The number of amides is 1. The Kier molecular flexibility index (Phi) is 4.86. The Labute approximate surface area is 119 Å². The second kappa shape index (κ2) is 6.63. The first-order valence-corrected chi connectivity index (χ1v) is 7.57. The quantitative estimate of drug-likeness (QED) is 0.859. The number of carbonyl (C=O) groups excluding carboxylic acids is 1. The summed E-state index contributed by atoms with van der Waals surface area (Å²) in [6.07, 6.45) is 2.45. The lowest BCUT2D eigenvalue weighted by Gasteiger charge is -2.12. The molecule has 0 aliphatic rings. The maximum Gasteiger partial charge on any atom is 0.239 e. The van der Waals surface area contributed by atoms with E-state index in [0.717, 1.165) is 16.5 Å². The highest BCUT2D eigenvalue weighted by atomic mass is 32.2. The molecule has 5 nitrogen and oxygen atoms in total. The summed E-state index contributed by atoms with van der Waals surface area (Å²) in [5.41, 5.74) is 0. The van der Waals surface area contributed by atoms with Gasteiger partial charge in [0.1, 0.15) is 5.01 Å². The van der Waals surface area contributed by atoms with Gasteiger partial charge in [-0.05, 0) is 25.5 Å². The second-order valence-corrected chi connectivity index (χ2v) is 6.20. The van der Waals surface area contributed by atoms with Crippen molar-refractivity contribution in [2.24, 2.45) is 0 Å². The molecular weight excluding hydrogens is 280 g/mol. The summed E-state index contributed by atoms with van der Waals surface area (Å²) in [6, 6.07) is 5.67. The fourth-order valence-corrected chi connectivity index (χ4v) is 2.92. The lowest BCUT2D eigenvalue weighted by Crippen LogP contribution is -2.24. The van der Waals surface area contributed by atoms with Crippen LogP contribution in [0.2, 0.25) is 0 Å². The number of hydrogen-bond acceptors (Lipinski definition) is 6. The molecule has 0 radical (unpaired) electrons. The van der Waals surface area contributed by atoms with Crippen molar-refractivity contribution >= 4 is 34.1 Å². The smallest absolute Gasteiger partial charge is 0.239 e. The maximum atomic E-state index is 12.1. The van der Waals surface area contributed by atoms with Crippen LogP contribution in [0.3, 0.4) is 0 Å². The molecule has 0 aliphatic carbocycles. The molecule has 0 bridgehead atoms. The predicted octanol–water partition coefficient (Wildman–Crippen LogP) is 2.75. The number of hydrogen-bond donors (Lipinski definition) is 1. The molecular formula is C12H14N4OS2. The molecule has 100 valence electrons. The van der Waals surface area contributed by atoms with Gasteiger partial charge in [-0.1, -0.05) is 36.1 Å². The van der Waals surface area contributed by atoms with E-state index in [1.807, 2.05) is 32.0 Å². The molecule has 1 N–H and O–H groups in total. The van der Waals surface area contributed by atoms with Gasteiger partial charge in [-0.2, -0.15) is 0 Å². The van der Waals surface area contributed by atoms with Crippen LogP contribution in [-0.2, 0) is 4.79 Å². The van der Waals surface area contributed by atoms with Crippen molar-refractivity contribution in [2.45, 2.75) is 30.5 Å². The van der Waals surface area contributed by atoms with E-state index in [2.05, 4.69) is 20.5 Å². The van der Waals surface area contributed by atoms with Gasteiger partial charge >= 0.3 is 0 Å². The van der Waals surface area contributed by atoms with E-state index in [1.165, 1.54) is 23.1 Å². The Morgan fingerprint density at radius 1 is 1.47 bits per heavy atom. The van der Waals surface area contributed by atoms with E-state index in [0.29, 0.717) is 5.13 Å². The first-order valence-electron chi connectivity index (χ1n) is 5.87. The fourth-order valence-electron chi connectivity index (χ4n) is 1.42. The molecule has 0 aliphatic heterocycles. The standard InChI is InChI=1S/C12H14N4OS2/c1-3-9(19-10-6-4-5-7-13-10)11(17)14-12-16-15-8(2)18-12/h4-7,9H,3H2,1-2H3,(H,14,16,17)/t9-/m1/s1. The Balaban J connectivity index is 1.99. The van der Waals surface area contributed by atoms with Crippen LogP contribution in [0.25, 0.3) is 0 Å². The molecule has 19 heavy (non-hydrogen) atoms. The van der Waals surface area contributed by atoms with Crippen LogP contribution >= 0.6 is 23.1 Å². The summed E-state index contributed by atoms with van der Waals surface area (Å²) < 4.78 is 0. The first kappa shape index (κ1) is 14.0. The maximum absolute atomic E-state index is 12.1. The van der Waals surface area contributed by atoms with Crippen LogP contribution in [-0.4, -0.2) is 26.3 Å². The van der Waals surface area contributed by atoms with E-state index in [4.69, 9.17) is 0 Å². The third kappa shape index (κ3) is 4.00. The zero-order valence-electron chi connectivity index (χ0n) is 10.7. The molecule has 2 aromatic rings. The average Bonchev–Trinajstić information content (AvgIpc) is 2.82. The zero-order chi connectivity index (χ0) is 13.7. The van der Waals surface area contributed by atoms with Crippen molar-refractivity contribution in [2.75, 3.05) is 5.32 Å². The van der Waals surface area contributed by atoms with Gasteiger partial charge in [0.2, 0.25) is 11.0 Å². The molecule has 2 heterocycles. The van der Waals surface area contributed by atoms with Gasteiger partial charge in [-0.15, -0.1) is 10.2 Å². The van der Waals surface area contributed by atoms with E-state index in [9.17, 15) is 4.79 Å². The van der Waals surface area contributed by atoms with E-state index >= 15 is 0 Å². The molecule has 2 aromatic heterocycles. The highest BCUT2D eigenvalue weighted by Gasteiger charge is 2.19. The molecule has 7 heteroatoms. The number of pyridine rings is 1. The number of carbonyl (C=O) groups is 1. The third-order valence-electron chi connectivity index (χ3n) is 2.32. The molecule has 0 saturated heterocycles. The summed E-state index contributed by atoms with van der Waals surface area (Å²) >= 11 is 2.83. The van der Waals surface area contributed by atoms with Crippen LogP contribution in [0.15, 0.2) is 29.4 Å². The van der Waals surface area contributed by atoms with Gasteiger partial charge in [0.05, 0.1) is 10.3 Å². The Morgan fingerprint density at radius 2 is 2.32 bits per heavy atom. The number of aromatic nitrogens is 3. The summed E-state index contributed by atoms with van der Waals surface area (Å²) in [6.45, 7) is 3.83. The van der Waals surface area contributed by atoms with Crippen LogP contribution in [0.1, 0.15) is 18.4 Å². The minimum absolute atomic E-state index is 0.0608. The minimum Gasteiger partial charge on any atom is -0.300 e. The van der Waals surface area contributed by atoms with Gasteiger partial charge in [0, 0.05) is 6.20 Å². The molecule has 1 atom stereocenters. The third-order valence-corrected chi connectivity index (χ3v) is 4.39. The monoisotopic (exact) mass is 294 g/mol. The van der Waals surface area contributed by atoms with Gasteiger partial charge in [-0.3, -0.25) is 10.1 Å². The minimum atomic E-state index is -0.181. The number of nitrogens with one attached hydrogen (secondary N) is 1. The lowest BCUT2D eigenvalue weighted by atomic mass is 10.3. The van der Waals surface area contributed by atoms with Crippen LogP contribution in [0.4, 0.5) is 5.13 Å². The van der Waals surface area contributed by atoms with Crippen LogP contribution in [0.5, 0.6) is 0 Å². The summed E-state index contributed by atoms with van der Waals surface area (Å²) in [4.78, 5) is 16.4. The SMILES string of the molecule is CC[C@@H](Sc1ccccn1)C(=O)Nc1nnc(C)s1. The summed E-state index contributed by atoms with van der Waals surface area (Å²) in [5.74, 6) is -0.0608. The Bertz CT molecular complexity index is 544. The molecule has 1 amide bonds. The zero-order valence-corrected chi connectivity index (χ0v) is 12.3. The van der Waals surface area contributed by atoms with Gasteiger partial charge < -0.3 is 0 Å². The number of anilines is 1.